The Morgan fingerprint density at radius 3 is 2.10 bits per heavy atom. The predicted molar refractivity (Wildman–Crippen MR) is 203 cm³/mol. The van der Waals surface area contributed by atoms with Gasteiger partial charge in [0, 0.05) is 49.7 Å². The van der Waals surface area contributed by atoms with Gasteiger partial charge in [0.05, 0.1) is 11.3 Å². The van der Waals surface area contributed by atoms with Crippen LogP contribution in [0.25, 0.3) is 28.2 Å². The number of pyridine rings is 2. The van der Waals surface area contributed by atoms with E-state index in [2.05, 4.69) is 184 Å². The second-order valence-electron chi connectivity index (χ2n) is 14.6. The van der Waals surface area contributed by atoms with Crippen LogP contribution in [-0.2, 0) is 31.9 Å². The molecule has 0 radical (unpaired) electrons. The molecule has 1 aliphatic heterocycles. The van der Waals surface area contributed by atoms with Gasteiger partial charge in [-0.25, -0.2) is 4.98 Å². The molecule has 0 saturated heterocycles. The van der Waals surface area contributed by atoms with E-state index in [4.69, 9.17) is 9.97 Å². The van der Waals surface area contributed by atoms with E-state index in [1.807, 2.05) is 6.20 Å². The Morgan fingerprint density at radius 1 is 0.725 bits per heavy atom. The molecule has 0 spiro atoms. The van der Waals surface area contributed by atoms with Crippen LogP contribution in [0.15, 0.2) is 115 Å². The van der Waals surface area contributed by atoms with E-state index in [1.165, 1.54) is 27.8 Å². The van der Waals surface area contributed by atoms with Crippen LogP contribution in [0, 0.1) is 32.6 Å². The first-order valence-corrected chi connectivity index (χ1v) is 17.2. The van der Waals surface area contributed by atoms with Crippen LogP contribution >= 0.6 is 0 Å². The molecule has 0 amide bonds. The number of hydrogen-bond acceptors (Lipinski definition) is 4. The average Bonchev–Trinajstić information content (AvgIpc) is 3.74. The molecule has 0 atom stereocenters. The van der Waals surface area contributed by atoms with Gasteiger partial charge in [-0.1, -0.05) is 93.1 Å². The molecule has 5 nitrogen and oxygen atoms in total. The minimum absolute atomic E-state index is 0. The van der Waals surface area contributed by atoms with Crippen LogP contribution < -0.4 is 9.80 Å². The number of nitrogens with zero attached hydrogens (tertiary/aromatic N) is 5. The molecule has 2 aliphatic rings. The minimum Gasteiger partial charge on any atom is -0.504 e. The molecule has 3 aromatic heterocycles. The van der Waals surface area contributed by atoms with Crippen molar-refractivity contribution in [2.75, 3.05) is 16.8 Å². The number of fused-ring (bicyclic) bond motifs is 5. The van der Waals surface area contributed by atoms with E-state index in [9.17, 15) is 0 Å². The summed E-state index contributed by atoms with van der Waals surface area (Å²) in [5.74, 6) is 0. The van der Waals surface area contributed by atoms with Gasteiger partial charge >= 0.3 is 0 Å². The maximum atomic E-state index is 5.14. The van der Waals surface area contributed by atoms with Gasteiger partial charge in [-0.05, 0) is 78.2 Å². The van der Waals surface area contributed by atoms with Gasteiger partial charge in [-0.3, -0.25) is 0 Å². The predicted octanol–water partition coefficient (Wildman–Crippen LogP) is 9.98. The van der Waals surface area contributed by atoms with Crippen molar-refractivity contribution in [2.24, 2.45) is 0 Å². The molecular formula is C45H38N5Pt-3. The second kappa shape index (κ2) is 12.1. The number of anilines is 3. The Labute approximate surface area is 314 Å². The summed E-state index contributed by atoms with van der Waals surface area (Å²) in [7, 11) is 2.09. The molecule has 0 fully saturated rings. The molecule has 6 heteroatoms. The van der Waals surface area contributed by atoms with Crippen LogP contribution in [-0.4, -0.2) is 21.4 Å². The minimum atomic E-state index is -0.722. The first-order chi connectivity index (χ1) is 24.2. The Morgan fingerprint density at radius 2 is 1.39 bits per heavy atom. The first kappa shape index (κ1) is 33.2. The fourth-order valence-electron chi connectivity index (χ4n) is 8.00. The van der Waals surface area contributed by atoms with Gasteiger partial charge in [-0.2, -0.15) is 37.0 Å². The Balaban J connectivity index is 0.00000374. The monoisotopic (exact) mass is 843 g/mol. The molecule has 4 heterocycles. The third-order valence-electron chi connectivity index (χ3n) is 10.6. The Hall–Kier alpha value is -4.99. The Bertz CT molecular complexity index is 2420. The second-order valence-corrected chi connectivity index (χ2v) is 14.6. The van der Waals surface area contributed by atoms with Crippen LogP contribution in [0.5, 0.6) is 0 Å². The maximum Gasteiger partial charge on any atom is 0.0802 e. The number of benzene rings is 4. The number of rotatable bonds is 4. The molecule has 9 rings (SSSR count). The standard InChI is InChI=1S/C45H38N5.Pt/c1-29-30(2)50-42(39-25-31(22-23-46-39)44(3,4)5)26-33(27-43(50)47-29)45(37-18-9-7-16-35(37)36-17-8-10-19-38(36)45)32-14-13-15-34(24-32)49-28-48(6)40-20-11-12-21-41(40)49;/h7-23,25,27-28H,1-6H3;/q-3;. The zero-order valence-electron chi connectivity index (χ0n) is 29.6. The SMILES string of the molecule is Cc1nc2cc(C3(c4[c-]c(N5[CH-]N(C)c6ccccc65)ccc4)c4ccccc4-c4ccccc43)[c-]c(-c3cc(C(C)(C)C)ccn3)n2c1C.[Pt]. The van der Waals surface area contributed by atoms with E-state index in [0.717, 1.165) is 56.6 Å². The average molecular weight is 844 g/mol. The van der Waals surface area contributed by atoms with E-state index in [0.29, 0.717) is 0 Å². The van der Waals surface area contributed by atoms with Crippen molar-refractivity contribution in [3.8, 4) is 22.5 Å². The third kappa shape index (κ3) is 4.93. The van der Waals surface area contributed by atoms with Crippen LogP contribution in [0.3, 0.4) is 0 Å². The van der Waals surface area contributed by atoms with E-state index in [-0.39, 0.29) is 26.5 Å². The van der Waals surface area contributed by atoms with Gasteiger partial charge in [-0.15, -0.1) is 22.9 Å². The third-order valence-corrected chi connectivity index (χ3v) is 10.6. The van der Waals surface area contributed by atoms with Gasteiger partial charge in [0.15, 0.2) is 0 Å². The molecular weight excluding hydrogens is 806 g/mol. The number of imidazole rings is 1. The van der Waals surface area contributed by atoms with Crippen molar-refractivity contribution in [3.63, 3.8) is 0 Å². The first-order valence-electron chi connectivity index (χ1n) is 17.2. The molecule has 1 aliphatic carbocycles. The molecule has 256 valence electrons. The summed E-state index contributed by atoms with van der Waals surface area (Å²) in [6.45, 7) is 13.1. The van der Waals surface area contributed by atoms with Crippen LogP contribution in [0.2, 0.25) is 0 Å². The molecule has 51 heavy (non-hydrogen) atoms. The fourth-order valence-corrected chi connectivity index (χ4v) is 8.00. The summed E-state index contributed by atoms with van der Waals surface area (Å²) in [5, 5.41) is 0. The van der Waals surface area contributed by atoms with Gasteiger partial charge in [0.1, 0.15) is 0 Å². The molecule has 0 N–H and O–H groups in total. The zero-order valence-corrected chi connectivity index (χ0v) is 31.9. The zero-order chi connectivity index (χ0) is 34.4. The number of para-hydroxylation sites is 2. The normalized spacial score (nSPS) is 14.3. The van der Waals surface area contributed by atoms with Crippen molar-refractivity contribution in [3.05, 3.63) is 173 Å². The summed E-state index contributed by atoms with van der Waals surface area (Å²) in [4.78, 5) is 14.5. The molecule has 4 aromatic carbocycles. The van der Waals surface area contributed by atoms with Crippen molar-refractivity contribution >= 4 is 22.7 Å². The van der Waals surface area contributed by atoms with E-state index >= 15 is 0 Å². The van der Waals surface area contributed by atoms with Crippen molar-refractivity contribution in [1.29, 1.82) is 0 Å². The summed E-state index contributed by atoms with van der Waals surface area (Å²) in [6, 6.07) is 47.2. The number of aromatic nitrogens is 3. The van der Waals surface area contributed by atoms with Gasteiger partial charge in [0.2, 0.25) is 0 Å². The summed E-state index contributed by atoms with van der Waals surface area (Å²) < 4.78 is 2.22. The van der Waals surface area contributed by atoms with Crippen molar-refractivity contribution in [2.45, 2.75) is 45.4 Å². The van der Waals surface area contributed by atoms with Crippen molar-refractivity contribution < 1.29 is 21.1 Å². The maximum absolute atomic E-state index is 5.14. The summed E-state index contributed by atoms with van der Waals surface area (Å²) in [5.41, 5.74) is 15.4. The molecule has 7 aromatic rings. The van der Waals surface area contributed by atoms with Crippen molar-refractivity contribution in [1.82, 2.24) is 14.4 Å². The van der Waals surface area contributed by atoms with E-state index < -0.39 is 5.41 Å². The van der Waals surface area contributed by atoms with Crippen LogP contribution in [0.1, 0.15) is 60.0 Å². The molecule has 0 saturated carbocycles. The smallest absolute Gasteiger partial charge is 0.0802 e. The number of aryl methyl sites for hydroxylation is 2. The molecule has 0 unspecified atom stereocenters. The van der Waals surface area contributed by atoms with Gasteiger partial charge in [0.25, 0.3) is 0 Å². The topological polar surface area (TPSA) is 36.7 Å². The number of hydrogen-bond donors (Lipinski definition) is 0. The Kier molecular flexibility index (Phi) is 7.85. The summed E-state index contributed by atoms with van der Waals surface area (Å²) in [6.07, 6.45) is 1.93. The quantitative estimate of drug-likeness (QED) is 0.166. The van der Waals surface area contributed by atoms with Crippen LogP contribution in [0.4, 0.5) is 17.1 Å². The van der Waals surface area contributed by atoms with Gasteiger partial charge < -0.3 is 19.2 Å². The van der Waals surface area contributed by atoms with E-state index in [1.54, 1.807) is 0 Å². The molecule has 0 bridgehead atoms. The largest absolute Gasteiger partial charge is 0.504 e. The fraction of sp³-hybridized carbons (Fsp3) is 0.178. The summed E-state index contributed by atoms with van der Waals surface area (Å²) >= 11 is 0.